The molecule has 2 aromatic rings. The average molecular weight is 273 g/mol. The molecule has 0 heterocycles. The minimum atomic E-state index is -0.326. The second-order valence-corrected chi connectivity index (χ2v) is 4.48. The molecule has 0 spiro atoms. The van der Waals surface area contributed by atoms with Gasteiger partial charge in [0.05, 0.1) is 12.3 Å². The van der Waals surface area contributed by atoms with Gasteiger partial charge in [-0.2, -0.15) is 0 Å². The van der Waals surface area contributed by atoms with Gasteiger partial charge in [-0.25, -0.2) is 4.39 Å². The predicted molar refractivity (Wildman–Crippen MR) is 76.6 cm³/mol. The molecular weight excluding hydrogens is 257 g/mol. The molecule has 0 atom stereocenters. The number of carbonyl (C=O) groups excluding carboxylic acids is 1. The number of anilines is 1. The summed E-state index contributed by atoms with van der Waals surface area (Å²) in [6.45, 7) is 3.99. The van der Waals surface area contributed by atoms with Gasteiger partial charge >= 0.3 is 0 Å². The maximum absolute atomic E-state index is 13.2. The zero-order valence-corrected chi connectivity index (χ0v) is 11.4. The van der Waals surface area contributed by atoms with Gasteiger partial charge in [0.15, 0.2) is 5.78 Å². The Balaban J connectivity index is 2.33. The van der Waals surface area contributed by atoms with Gasteiger partial charge in [0, 0.05) is 11.1 Å². The maximum Gasteiger partial charge on any atom is 0.193 e. The van der Waals surface area contributed by atoms with Crippen LogP contribution >= 0.6 is 0 Å². The quantitative estimate of drug-likeness (QED) is 0.686. The summed E-state index contributed by atoms with van der Waals surface area (Å²) in [6, 6.07) is 9.19. The number of nitrogens with two attached hydrogens (primary N) is 1. The van der Waals surface area contributed by atoms with Crippen molar-refractivity contribution in [3.8, 4) is 5.75 Å². The third kappa shape index (κ3) is 2.79. The van der Waals surface area contributed by atoms with Crippen LogP contribution in [0.25, 0.3) is 0 Å². The van der Waals surface area contributed by atoms with E-state index in [-0.39, 0.29) is 11.6 Å². The topological polar surface area (TPSA) is 52.3 Å². The molecule has 0 saturated carbocycles. The molecule has 2 rings (SSSR count). The monoisotopic (exact) mass is 273 g/mol. The third-order valence-corrected chi connectivity index (χ3v) is 2.99. The van der Waals surface area contributed by atoms with Gasteiger partial charge in [0.2, 0.25) is 0 Å². The Kier molecular flexibility index (Phi) is 4.03. The average Bonchev–Trinajstić information content (AvgIpc) is 2.43. The van der Waals surface area contributed by atoms with Crippen LogP contribution in [-0.4, -0.2) is 12.4 Å². The van der Waals surface area contributed by atoms with Crippen LogP contribution in [0.4, 0.5) is 10.1 Å². The first kappa shape index (κ1) is 14.1. The van der Waals surface area contributed by atoms with E-state index in [1.165, 1.54) is 18.2 Å². The van der Waals surface area contributed by atoms with Crippen LogP contribution in [0.5, 0.6) is 5.75 Å². The minimum absolute atomic E-state index is 0.192. The molecular formula is C16H16FNO2. The molecule has 3 nitrogen and oxygen atoms in total. The number of hydrogen-bond donors (Lipinski definition) is 1. The van der Waals surface area contributed by atoms with E-state index in [0.29, 0.717) is 34.7 Å². The van der Waals surface area contributed by atoms with Crippen LogP contribution in [-0.2, 0) is 0 Å². The minimum Gasteiger partial charge on any atom is -0.492 e. The van der Waals surface area contributed by atoms with Gasteiger partial charge in [0.25, 0.3) is 0 Å². The first-order chi connectivity index (χ1) is 9.52. The van der Waals surface area contributed by atoms with Crippen molar-refractivity contribution in [2.75, 3.05) is 12.3 Å². The van der Waals surface area contributed by atoms with Crippen molar-refractivity contribution >= 4 is 11.5 Å². The summed E-state index contributed by atoms with van der Waals surface area (Å²) in [5.74, 6) is 0.0370. The summed E-state index contributed by atoms with van der Waals surface area (Å²) in [6.07, 6.45) is 0. The highest BCUT2D eigenvalue weighted by Gasteiger charge is 2.12. The van der Waals surface area contributed by atoms with Crippen LogP contribution in [0, 0.1) is 12.7 Å². The maximum atomic E-state index is 13.2. The van der Waals surface area contributed by atoms with E-state index in [9.17, 15) is 9.18 Å². The molecule has 0 amide bonds. The van der Waals surface area contributed by atoms with Crippen molar-refractivity contribution in [3.63, 3.8) is 0 Å². The van der Waals surface area contributed by atoms with E-state index in [0.717, 1.165) is 0 Å². The van der Waals surface area contributed by atoms with E-state index in [2.05, 4.69) is 0 Å². The van der Waals surface area contributed by atoms with Gasteiger partial charge in [-0.3, -0.25) is 4.79 Å². The van der Waals surface area contributed by atoms with Crippen molar-refractivity contribution in [1.82, 2.24) is 0 Å². The van der Waals surface area contributed by atoms with E-state index in [4.69, 9.17) is 10.5 Å². The summed E-state index contributed by atoms with van der Waals surface area (Å²) in [4.78, 5) is 12.3. The zero-order valence-electron chi connectivity index (χ0n) is 11.4. The Bertz CT molecular complexity index is 653. The highest BCUT2D eigenvalue weighted by molar-refractivity contribution is 6.09. The lowest BCUT2D eigenvalue weighted by molar-refractivity contribution is 0.103. The van der Waals surface area contributed by atoms with Crippen molar-refractivity contribution in [2.45, 2.75) is 13.8 Å². The van der Waals surface area contributed by atoms with Crippen molar-refractivity contribution in [1.29, 1.82) is 0 Å². The second kappa shape index (κ2) is 5.74. The van der Waals surface area contributed by atoms with E-state index < -0.39 is 0 Å². The zero-order chi connectivity index (χ0) is 14.7. The fourth-order valence-electron chi connectivity index (χ4n) is 1.93. The molecule has 0 aliphatic rings. The predicted octanol–water partition coefficient (Wildman–Crippen LogP) is 3.35. The van der Waals surface area contributed by atoms with E-state index >= 15 is 0 Å². The number of rotatable bonds is 4. The second-order valence-electron chi connectivity index (χ2n) is 4.48. The van der Waals surface area contributed by atoms with Crippen LogP contribution < -0.4 is 10.5 Å². The lowest BCUT2D eigenvalue weighted by Gasteiger charge is -2.09. The number of aryl methyl sites for hydroxylation is 1. The third-order valence-electron chi connectivity index (χ3n) is 2.99. The van der Waals surface area contributed by atoms with Crippen molar-refractivity contribution in [3.05, 3.63) is 58.9 Å². The molecule has 0 fully saturated rings. The van der Waals surface area contributed by atoms with Crippen LogP contribution in [0.2, 0.25) is 0 Å². The fourth-order valence-corrected chi connectivity index (χ4v) is 1.93. The normalized spacial score (nSPS) is 10.3. The molecule has 0 unspecified atom stereocenters. The molecule has 2 N–H and O–H groups in total. The van der Waals surface area contributed by atoms with E-state index in [1.54, 1.807) is 25.1 Å². The van der Waals surface area contributed by atoms with Gasteiger partial charge < -0.3 is 10.5 Å². The molecule has 20 heavy (non-hydrogen) atoms. The summed E-state index contributed by atoms with van der Waals surface area (Å²) in [5.41, 5.74) is 7.59. The molecule has 104 valence electrons. The van der Waals surface area contributed by atoms with Crippen LogP contribution in [0.15, 0.2) is 36.4 Å². The number of carbonyl (C=O) groups is 1. The summed E-state index contributed by atoms with van der Waals surface area (Å²) >= 11 is 0. The standard InChI is InChI=1S/C16H16FNO2/c1-3-20-15-7-5-12(9-14(15)18)16(19)11-4-6-13(17)10(2)8-11/h4-9H,3,18H2,1-2H3. The van der Waals surface area contributed by atoms with Crippen LogP contribution in [0.3, 0.4) is 0 Å². The molecule has 0 radical (unpaired) electrons. The highest BCUT2D eigenvalue weighted by Crippen LogP contribution is 2.24. The molecule has 2 aromatic carbocycles. The summed E-state index contributed by atoms with van der Waals surface area (Å²) in [5, 5.41) is 0. The number of hydrogen-bond acceptors (Lipinski definition) is 3. The number of ketones is 1. The first-order valence-electron chi connectivity index (χ1n) is 6.36. The Hall–Kier alpha value is -2.36. The first-order valence-corrected chi connectivity index (χ1v) is 6.36. The summed E-state index contributed by atoms with van der Waals surface area (Å²) in [7, 11) is 0. The number of benzene rings is 2. The smallest absolute Gasteiger partial charge is 0.193 e. The number of nitrogen functional groups attached to an aromatic ring is 1. The highest BCUT2D eigenvalue weighted by atomic mass is 19.1. The van der Waals surface area contributed by atoms with Crippen molar-refractivity contribution in [2.24, 2.45) is 0 Å². The Morgan fingerprint density at radius 3 is 2.45 bits per heavy atom. The fraction of sp³-hybridized carbons (Fsp3) is 0.188. The Morgan fingerprint density at radius 1 is 1.20 bits per heavy atom. The van der Waals surface area contributed by atoms with Crippen LogP contribution in [0.1, 0.15) is 28.4 Å². The molecule has 0 bridgehead atoms. The van der Waals surface area contributed by atoms with Gasteiger partial charge in [-0.1, -0.05) is 0 Å². The number of ether oxygens (including phenoxy) is 1. The van der Waals surface area contributed by atoms with Gasteiger partial charge in [-0.15, -0.1) is 0 Å². The van der Waals surface area contributed by atoms with E-state index in [1.807, 2.05) is 6.92 Å². The Morgan fingerprint density at radius 2 is 1.85 bits per heavy atom. The molecule has 4 heteroatoms. The van der Waals surface area contributed by atoms with Crippen molar-refractivity contribution < 1.29 is 13.9 Å². The number of halogens is 1. The lowest BCUT2D eigenvalue weighted by atomic mass is 10.0. The van der Waals surface area contributed by atoms with Gasteiger partial charge in [0.1, 0.15) is 11.6 Å². The molecule has 0 saturated heterocycles. The molecule has 0 aromatic heterocycles. The largest absolute Gasteiger partial charge is 0.492 e. The summed E-state index contributed by atoms with van der Waals surface area (Å²) < 4.78 is 18.5. The lowest BCUT2D eigenvalue weighted by Crippen LogP contribution is -2.04. The Labute approximate surface area is 117 Å². The van der Waals surface area contributed by atoms with Gasteiger partial charge in [-0.05, 0) is 55.8 Å². The molecule has 0 aliphatic heterocycles. The molecule has 0 aliphatic carbocycles. The SMILES string of the molecule is CCOc1ccc(C(=O)c2ccc(F)c(C)c2)cc1N.